The van der Waals surface area contributed by atoms with E-state index >= 15 is 0 Å². The molecule has 0 saturated carbocycles. The molecule has 0 bridgehead atoms. The van der Waals surface area contributed by atoms with Crippen LogP contribution >= 0.6 is 47.8 Å². The van der Waals surface area contributed by atoms with Gasteiger partial charge in [-0.25, -0.2) is 5.43 Å². The normalized spacial score (nSPS) is 10.5. The number of methoxy groups -OCH3 is 1. The summed E-state index contributed by atoms with van der Waals surface area (Å²) in [6.45, 7) is 0.211. The molecule has 2 amide bonds. The molecule has 0 aliphatic heterocycles. The molecule has 0 aromatic heterocycles. The molecule has 11 heteroatoms. The number of hydrazone groups is 1. The van der Waals surface area contributed by atoms with E-state index in [0.717, 1.165) is 19.0 Å². The van der Waals surface area contributed by atoms with Gasteiger partial charge in [0.05, 0.1) is 33.9 Å². The lowest BCUT2D eigenvalue weighted by molar-refractivity contribution is -0.136. The first-order valence-corrected chi connectivity index (χ1v) is 12.3. The Morgan fingerprint density at radius 3 is 2.34 bits per heavy atom. The number of benzene rings is 3. The molecular formula is C24H17Br3N4O4. The quantitative estimate of drug-likeness (QED) is 0.196. The Morgan fingerprint density at radius 1 is 1.03 bits per heavy atom. The fraction of sp³-hybridized carbons (Fsp3) is 0.0833. The zero-order valence-corrected chi connectivity index (χ0v) is 22.9. The number of nitrogens with zero attached hydrogens (tertiary/aromatic N) is 2. The van der Waals surface area contributed by atoms with E-state index in [-0.39, 0.29) is 6.61 Å². The topological polar surface area (TPSA) is 113 Å². The van der Waals surface area contributed by atoms with Gasteiger partial charge in [0, 0.05) is 15.7 Å². The highest BCUT2D eigenvalue weighted by atomic mass is 79.9. The van der Waals surface area contributed by atoms with Gasteiger partial charge < -0.3 is 14.8 Å². The second-order valence-corrected chi connectivity index (χ2v) is 9.53. The van der Waals surface area contributed by atoms with Gasteiger partial charge in [-0.2, -0.15) is 10.4 Å². The van der Waals surface area contributed by atoms with E-state index in [9.17, 15) is 9.59 Å². The van der Waals surface area contributed by atoms with Gasteiger partial charge in [-0.15, -0.1) is 0 Å². The first-order valence-electron chi connectivity index (χ1n) is 9.89. The summed E-state index contributed by atoms with van der Waals surface area (Å²) in [6, 6.07) is 17.1. The molecule has 0 saturated heterocycles. The third kappa shape index (κ3) is 7.39. The number of hydrogen-bond acceptors (Lipinski definition) is 6. The molecule has 35 heavy (non-hydrogen) atoms. The van der Waals surface area contributed by atoms with Crippen molar-refractivity contribution in [3.8, 4) is 17.6 Å². The summed E-state index contributed by atoms with van der Waals surface area (Å²) >= 11 is 10.4. The number of amides is 2. The van der Waals surface area contributed by atoms with Crippen LogP contribution in [0.25, 0.3) is 0 Å². The van der Waals surface area contributed by atoms with Crippen LogP contribution in [0.2, 0.25) is 0 Å². The van der Waals surface area contributed by atoms with Crippen molar-refractivity contribution in [2.45, 2.75) is 6.61 Å². The van der Waals surface area contributed by atoms with E-state index in [1.54, 1.807) is 25.3 Å². The Hall–Kier alpha value is -3.20. The Kier molecular flexibility index (Phi) is 9.42. The smallest absolute Gasteiger partial charge is 0.329 e. The summed E-state index contributed by atoms with van der Waals surface area (Å²) in [6.07, 6.45) is 1.40. The molecule has 0 radical (unpaired) electrons. The fourth-order valence-electron chi connectivity index (χ4n) is 2.84. The number of nitriles is 1. The highest BCUT2D eigenvalue weighted by Gasteiger charge is 2.13. The average molecular weight is 665 g/mol. The van der Waals surface area contributed by atoms with Crippen LogP contribution in [0.3, 0.4) is 0 Å². The molecule has 3 rings (SSSR count). The Labute approximate surface area is 226 Å². The van der Waals surface area contributed by atoms with Crippen molar-refractivity contribution >= 4 is 71.5 Å². The molecule has 0 aliphatic carbocycles. The van der Waals surface area contributed by atoms with Crippen LogP contribution in [0, 0.1) is 11.3 Å². The van der Waals surface area contributed by atoms with E-state index < -0.39 is 11.8 Å². The highest BCUT2D eigenvalue weighted by Crippen LogP contribution is 2.37. The minimum atomic E-state index is -0.937. The zero-order chi connectivity index (χ0) is 25.4. The van der Waals surface area contributed by atoms with Crippen LogP contribution in [0.15, 0.2) is 73.1 Å². The van der Waals surface area contributed by atoms with Crippen LogP contribution in [0.4, 0.5) is 5.69 Å². The second kappa shape index (κ2) is 12.5. The van der Waals surface area contributed by atoms with Crippen molar-refractivity contribution in [2.24, 2.45) is 5.10 Å². The first kappa shape index (κ1) is 26.4. The molecule has 2 N–H and O–H groups in total. The molecule has 0 fully saturated rings. The van der Waals surface area contributed by atoms with Gasteiger partial charge in [0.15, 0.2) is 0 Å². The third-order valence-corrected chi connectivity index (χ3v) is 6.13. The first-order chi connectivity index (χ1) is 16.8. The van der Waals surface area contributed by atoms with Crippen molar-refractivity contribution < 1.29 is 19.1 Å². The van der Waals surface area contributed by atoms with E-state index in [2.05, 4.69) is 63.6 Å². The minimum Gasteiger partial charge on any atom is -0.496 e. The number of carbonyl (C=O) groups excluding carboxylic acids is 2. The summed E-state index contributed by atoms with van der Waals surface area (Å²) in [7, 11) is 1.56. The minimum absolute atomic E-state index is 0.211. The number of rotatable bonds is 7. The molecule has 3 aromatic carbocycles. The largest absolute Gasteiger partial charge is 0.496 e. The fourth-order valence-corrected chi connectivity index (χ4v) is 5.33. The van der Waals surface area contributed by atoms with Crippen molar-refractivity contribution in [3.63, 3.8) is 0 Å². The van der Waals surface area contributed by atoms with Crippen molar-refractivity contribution in [3.05, 3.63) is 84.7 Å². The lowest BCUT2D eigenvalue weighted by atomic mass is 10.1. The van der Waals surface area contributed by atoms with Gasteiger partial charge in [-0.1, -0.05) is 15.9 Å². The SMILES string of the molecule is COc1ccc(/C=N/NC(=O)C(=O)Nc2ccc(C#N)cc2)cc1COc1c(Br)cc(Br)cc1Br. The zero-order valence-electron chi connectivity index (χ0n) is 18.1. The number of anilines is 1. The molecule has 0 atom stereocenters. The maximum Gasteiger partial charge on any atom is 0.329 e. The van der Waals surface area contributed by atoms with Gasteiger partial charge in [-0.3, -0.25) is 9.59 Å². The maximum atomic E-state index is 12.0. The third-order valence-electron chi connectivity index (χ3n) is 4.50. The van der Waals surface area contributed by atoms with E-state index in [0.29, 0.717) is 28.3 Å². The summed E-state index contributed by atoms with van der Waals surface area (Å²) < 4.78 is 13.8. The Bertz CT molecular complexity index is 1300. The van der Waals surface area contributed by atoms with E-state index in [1.807, 2.05) is 18.2 Å². The number of carbonyl (C=O) groups is 2. The summed E-state index contributed by atoms with van der Waals surface area (Å²) in [5.41, 5.74) is 4.43. The van der Waals surface area contributed by atoms with Gasteiger partial charge in [-0.05, 0) is 92.0 Å². The van der Waals surface area contributed by atoms with Crippen molar-refractivity contribution in [1.82, 2.24) is 5.43 Å². The maximum absolute atomic E-state index is 12.0. The summed E-state index contributed by atoms with van der Waals surface area (Å²) in [4.78, 5) is 24.1. The van der Waals surface area contributed by atoms with E-state index in [1.165, 1.54) is 30.5 Å². The molecule has 0 spiro atoms. The molecule has 0 heterocycles. The summed E-state index contributed by atoms with van der Waals surface area (Å²) in [5.74, 6) is -0.568. The second-order valence-electron chi connectivity index (χ2n) is 6.90. The van der Waals surface area contributed by atoms with Gasteiger partial charge in [0.2, 0.25) is 0 Å². The lowest BCUT2D eigenvalue weighted by Crippen LogP contribution is -2.32. The van der Waals surface area contributed by atoms with Gasteiger partial charge >= 0.3 is 11.8 Å². The van der Waals surface area contributed by atoms with Crippen LogP contribution in [0.1, 0.15) is 16.7 Å². The molecule has 0 aliphatic rings. The summed E-state index contributed by atoms with van der Waals surface area (Å²) in [5, 5.41) is 15.1. The predicted molar refractivity (Wildman–Crippen MR) is 142 cm³/mol. The number of hydrogen-bond donors (Lipinski definition) is 2. The van der Waals surface area contributed by atoms with Crippen LogP contribution in [-0.4, -0.2) is 25.1 Å². The van der Waals surface area contributed by atoms with Crippen LogP contribution < -0.4 is 20.2 Å². The Morgan fingerprint density at radius 2 is 1.71 bits per heavy atom. The highest BCUT2D eigenvalue weighted by molar-refractivity contribution is 9.11. The molecule has 3 aromatic rings. The average Bonchev–Trinajstić information content (AvgIpc) is 2.84. The standard InChI is InChI=1S/C24H17Br3N4O4/c1-34-21-7-4-15(8-16(21)13-35-22-19(26)9-17(25)10-20(22)27)12-29-31-24(33)23(32)30-18-5-2-14(11-28)3-6-18/h2-10,12H,13H2,1H3,(H,30,32)(H,31,33)/b29-12+. The van der Waals surface area contributed by atoms with Crippen LogP contribution in [0.5, 0.6) is 11.5 Å². The Balaban J connectivity index is 1.63. The molecule has 0 unspecified atom stereocenters. The number of halogens is 3. The number of ether oxygens (including phenoxy) is 2. The molecular weight excluding hydrogens is 648 g/mol. The van der Waals surface area contributed by atoms with Gasteiger partial charge in [0.1, 0.15) is 18.1 Å². The van der Waals surface area contributed by atoms with Gasteiger partial charge in [0.25, 0.3) is 0 Å². The molecule has 8 nitrogen and oxygen atoms in total. The monoisotopic (exact) mass is 662 g/mol. The predicted octanol–water partition coefficient (Wildman–Crippen LogP) is 5.52. The van der Waals surface area contributed by atoms with Crippen molar-refractivity contribution in [1.29, 1.82) is 5.26 Å². The van der Waals surface area contributed by atoms with Crippen molar-refractivity contribution in [2.75, 3.05) is 12.4 Å². The lowest BCUT2D eigenvalue weighted by Gasteiger charge is -2.13. The number of nitrogens with one attached hydrogen (secondary N) is 2. The van der Waals surface area contributed by atoms with Crippen LogP contribution in [-0.2, 0) is 16.2 Å². The van der Waals surface area contributed by atoms with E-state index in [4.69, 9.17) is 14.7 Å². The molecule has 178 valence electrons.